The van der Waals surface area contributed by atoms with Gasteiger partial charge in [0.2, 0.25) is 0 Å². The van der Waals surface area contributed by atoms with Crippen molar-refractivity contribution in [2.24, 2.45) is 0 Å². The molecule has 1 heterocycles. The van der Waals surface area contributed by atoms with Crippen molar-refractivity contribution in [3.63, 3.8) is 0 Å². The van der Waals surface area contributed by atoms with E-state index in [1.807, 2.05) is 22.9 Å². The van der Waals surface area contributed by atoms with Gasteiger partial charge in [-0.3, -0.25) is 4.79 Å². The Morgan fingerprint density at radius 3 is 2.68 bits per heavy atom. The maximum absolute atomic E-state index is 11.8. The average Bonchev–Trinajstić information content (AvgIpc) is 2.88. The summed E-state index contributed by atoms with van der Waals surface area (Å²) in [6, 6.07) is 7.32. The van der Waals surface area contributed by atoms with Gasteiger partial charge >= 0.3 is 0 Å². The summed E-state index contributed by atoms with van der Waals surface area (Å²) in [6.45, 7) is 1.52. The molecule has 0 spiro atoms. The van der Waals surface area contributed by atoms with Crippen LogP contribution in [-0.2, 0) is 6.54 Å². The first-order chi connectivity index (χ1) is 8.75. The molecule has 0 aliphatic carbocycles. The number of carbonyl (C=O) groups is 1. The molecular formula is C13H14BrClN3O-. The van der Waals surface area contributed by atoms with Crippen molar-refractivity contribution in [3.05, 3.63) is 53.0 Å². The molecule has 0 bridgehead atoms. The second kappa shape index (κ2) is 7.96. The fourth-order valence-corrected chi connectivity index (χ4v) is 1.85. The molecule has 2 rings (SSSR count). The van der Waals surface area contributed by atoms with Gasteiger partial charge in [-0.15, -0.1) is 0 Å². The van der Waals surface area contributed by atoms with Crippen LogP contribution in [0, 0.1) is 0 Å². The van der Waals surface area contributed by atoms with E-state index in [4.69, 9.17) is 0 Å². The quantitative estimate of drug-likeness (QED) is 0.742. The lowest BCUT2D eigenvalue weighted by Gasteiger charge is -2.05. The lowest BCUT2D eigenvalue weighted by atomic mass is 10.2. The predicted octanol–water partition coefficient (Wildman–Crippen LogP) is -0.530. The van der Waals surface area contributed by atoms with Crippen LogP contribution in [0.3, 0.4) is 0 Å². The van der Waals surface area contributed by atoms with E-state index in [0.717, 1.165) is 17.4 Å². The number of hydrogen-bond acceptors (Lipinski definition) is 2. The molecule has 0 unspecified atom stereocenters. The standard InChI is InChI=1S/C13H14BrN3O.ClH/c14-12-4-2-11(3-5-12)13(18)16-6-1-8-17-9-7-15-10-17;/h2-5,7,9-10H,1,6,8H2,(H,16,18);1H/p-1. The molecule has 1 aromatic heterocycles. The second-order valence-electron chi connectivity index (χ2n) is 3.92. The van der Waals surface area contributed by atoms with Gasteiger partial charge < -0.3 is 22.3 Å². The summed E-state index contributed by atoms with van der Waals surface area (Å²) < 4.78 is 2.96. The van der Waals surface area contributed by atoms with Crippen LogP contribution >= 0.6 is 15.9 Å². The summed E-state index contributed by atoms with van der Waals surface area (Å²) >= 11 is 3.34. The smallest absolute Gasteiger partial charge is 0.251 e. The highest BCUT2D eigenvalue weighted by atomic mass is 79.9. The summed E-state index contributed by atoms with van der Waals surface area (Å²) in [7, 11) is 0. The molecule has 0 saturated heterocycles. The van der Waals surface area contributed by atoms with Crippen LogP contribution in [0.4, 0.5) is 0 Å². The molecule has 19 heavy (non-hydrogen) atoms. The molecule has 0 fully saturated rings. The summed E-state index contributed by atoms with van der Waals surface area (Å²) in [5.74, 6) is -0.0341. The summed E-state index contributed by atoms with van der Waals surface area (Å²) in [5, 5.41) is 2.89. The first-order valence-corrected chi connectivity index (χ1v) is 6.54. The molecule has 1 amide bonds. The summed E-state index contributed by atoms with van der Waals surface area (Å²) in [4.78, 5) is 15.7. The molecule has 0 atom stereocenters. The number of nitrogens with zero attached hydrogens (tertiary/aromatic N) is 2. The Morgan fingerprint density at radius 2 is 2.05 bits per heavy atom. The van der Waals surface area contributed by atoms with Crippen LogP contribution in [0.15, 0.2) is 47.5 Å². The van der Waals surface area contributed by atoms with Crippen molar-refractivity contribution in [2.75, 3.05) is 6.54 Å². The van der Waals surface area contributed by atoms with E-state index >= 15 is 0 Å². The molecule has 4 nitrogen and oxygen atoms in total. The Hall–Kier alpha value is -1.33. The Morgan fingerprint density at radius 1 is 1.32 bits per heavy atom. The zero-order chi connectivity index (χ0) is 12.8. The van der Waals surface area contributed by atoms with Gasteiger partial charge in [0.05, 0.1) is 6.33 Å². The number of nitrogens with one attached hydrogen (secondary N) is 1. The second-order valence-corrected chi connectivity index (χ2v) is 4.83. The van der Waals surface area contributed by atoms with Gasteiger partial charge in [0.1, 0.15) is 0 Å². The van der Waals surface area contributed by atoms with Crippen LogP contribution in [-0.4, -0.2) is 22.0 Å². The molecule has 102 valence electrons. The number of benzene rings is 1. The van der Waals surface area contributed by atoms with Crippen molar-refractivity contribution >= 4 is 21.8 Å². The van der Waals surface area contributed by atoms with Gasteiger partial charge in [-0.25, -0.2) is 4.98 Å². The highest BCUT2D eigenvalue weighted by Gasteiger charge is 2.03. The Balaban J connectivity index is 0.00000180. The summed E-state index contributed by atoms with van der Waals surface area (Å²) in [6.07, 6.45) is 6.33. The van der Waals surface area contributed by atoms with Crippen LogP contribution in [0.2, 0.25) is 0 Å². The zero-order valence-corrected chi connectivity index (χ0v) is 12.6. The van der Waals surface area contributed by atoms with E-state index < -0.39 is 0 Å². The number of hydrogen-bond donors (Lipinski definition) is 1. The van der Waals surface area contributed by atoms with Gasteiger partial charge in [-0.2, -0.15) is 0 Å². The average molecular weight is 344 g/mol. The van der Waals surface area contributed by atoms with Crippen molar-refractivity contribution in [1.82, 2.24) is 14.9 Å². The lowest BCUT2D eigenvalue weighted by Crippen LogP contribution is -3.00. The number of imidazole rings is 1. The number of carbonyl (C=O) groups excluding carboxylic acids is 1. The molecular weight excluding hydrogens is 330 g/mol. The molecule has 0 aliphatic heterocycles. The Labute approximate surface area is 126 Å². The van der Waals surface area contributed by atoms with E-state index in [0.29, 0.717) is 12.1 Å². The monoisotopic (exact) mass is 342 g/mol. The van der Waals surface area contributed by atoms with Crippen molar-refractivity contribution in [3.8, 4) is 0 Å². The largest absolute Gasteiger partial charge is 1.00 e. The first-order valence-electron chi connectivity index (χ1n) is 5.75. The molecule has 0 radical (unpaired) electrons. The maximum atomic E-state index is 11.8. The van der Waals surface area contributed by atoms with Gasteiger partial charge in [0.25, 0.3) is 5.91 Å². The van der Waals surface area contributed by atoms with E-state index in [1.54, 1.807) is 24.7 Å². The highest BCUT2D eigenvalue weighted by Crippen LogP contribution is 2.10. The van der Waals surface area contributed by atoms with E-state index in [9.17, 15) is 4.79 Å². The van der Waals surface area contributed by atoms with Crippen molar-refractivity contribution < 1.29 is 17.2 Å². The van der Waals surface area contributed by atoms with E-state index in [-0.39, 0.29) is 18.3 Å². The molecule has 2 aromatic rings. The van der Waals surface area contributed by atoms with E-state index in [2.05, 4.69) is 26.2 Å². The van der Waals surface area contributed by atoms with Crippen LogP contribution in [0.1, 0.15) is 16.8 Å². The number of amides is 1. The van der Waals surface area contributed by atoms with Crippen molar-refractivity contribution in [2.45, 2.75) is 13.0 Å². The lowest BCUT2D eigenvalue weighted by molar-refractivity contribution is -0.0000120. The van der Waals surface area contributed by atoms with E-state index in [1.165, 1.54) is 0 Å². The van der Waals surface area contributed by atoms with Gasteiger partial charge in [-0.05, 0) is 30.7 Å². The topological polar surface area (TPSA) is 46.9 Å². The predicted molar refractivity (Wildman–Crippen MR) is 73.3 cm³/mol. The number of halogens is 2. The number of aromatic nitrogens is 2. The number of aryl methyl sites for hydroxylation is 1. The highest BCUT2D eigenvalue weighted by molar-refractivity contribution is 9.10. The Bertz CT molecular complexity index is 499. The van der Waals surface area contributed by atoms with Crippen molar-refractivity contribution in [1.29, 1.82) is 0 Å². The SMILES string of the molecule is O=C(NCCCn1ccnc1)c1ccc(Br)cc1.[Cl-]. The van der Waals surface area contributed by atoms with Gasteiger partial charge in [-0.1, -0.05) is 15.9 Å². The molecule has 1 N–H and O–H groups in total. The molecule has 6 heteroatoms. The minimum Gasteiger partial charge on any atom is -1.00 e. The number of rotatable bonds is 5. The third kappa shape index (κ3) is 5.04. The third-order valence-electron chi connectivity index (χ3n) is 2.54. The minimum atomic E-state index is -0.0341. The normalized spacial score (nSPS) is 9.74. The fourth-order valence-electron chi connectivity index (χ4n) is 1.59. The maximum Gasteiger partial charge on any atom is 0.251 e. The third-order valence-corrected chi connectivity index (χ3v) is 3.07. The Kier molecular flexibility index (Phi) is 6.59. The molecule has 1 aromatic carbocycles. The van der Waals surface area contributed by atoms with Crippen LogP contribution in [0.5, 0.6) is 0 Å². The van der Waals surface area contributed by atoms with Crippen LogP contribution in [0.25, 0.3) is 0 Å². The van der Waals surface area contributed by atoms with Crippen LogP contribution < -0.4 is 17.7 Å². The van der Waals surface area contributed by atoms with Gasteiger partial charge in [0, 0.05) is 35.5 Å². The zero-order valence-electron chi connectivity index (χ0n) is 10.2. The van der Waals surface area contributed by atoms with Gasteiger partial charge in [0.15, 0.2) is 0 Å². The fraction of sp³-hybridized carbons (Fsp3) is 0.231. The summed E-state index contributed by atoms with van der Waals surface area (Å²) in [5.41, 5.74) is 0.681. The molecule has 0 saturated carbocycles. The minimum absolute atomic E-state index is 0. The first kappa shape index (κ1) is 15.7. The molecule has 0 aliphatic rings.